The van der Waals surface area contributed by atoms with Gasteiger partial charge in [0.05, 0.1) is 11.9 Å². The Hall–Kier alpha value is -3.60. The van der Waals surface area contributed by atoms with Crippen LogP contribution in [-0.4, -0.2) is 19.1 Å². The number of rotatable bonds is 1. The minimum atomic E-state index is -0.112. The van der Waals surface area contributed by atoms with Crippen LogP contribution in [0.5, 0.6) is 5.75 Å². The summed E-state index contributed by atoms with van der Waals surface area (Å²) in [6.45, 7) is 0. The maximum Gasteiger partial charge on any atom is 0.264 e. The highest BCUT2D eigenvalue weighted by atomic mass is 16.3. The Labute approximate surface area is 142 Å². The van der Waals surface area contributed by atoms with E-state index in [-0.39, 0.29) is 11.3 Å². The summed E-state index contributed by atoms with van der Waals surface area (Å²) >= 11 is 0. The number of fused-ring (bicyclic) bond motifs is 5. The van der Waals surface area contributed by atoms with Crippen LogP contribution in [0.15, 0.2) is 77.7 Å². The molecule has 0 saturated heterocycles. The second kappa shape index (κ2) is 4.95. The van der Waals surface area contributed by atoms with Gasteiger partial charge in [-0.1, -0.05) is 36.4 Å². The largest absolute Gasteiger partial charge is 0.506 e. The van der Waals surface area contributed by atoms with Gasteiger partial charge in [-0.3, -0.25) is 13.8 Å². The van der Waals surface area contributed by atoms with E-state index in [1.165, 1.54) is 0 Å². The van der Waals surface area contributed by atoms with Crippen molar-refractivity contribution in [2.45, 2.75) is 0 Å². The van der Waals surface area contributed by atoms with Crippen LogP contribution in [0.2, 0.25) is 0 Å². The fourth-order valence-corrected chi connectivity index (χ4v) is 3.32. The summed E-state index contributed by atoms with van der Waals surface area (Å²) in [5.41, 5.74) is 2.69. The van der Waals surface area contributed by atoms with Crippen molar-refractivity contribution in [3.05, 3.63) is 83.3 Å². The molecule has 0 aliphatic heterocycles. The van der Waals surface area contributed by atoms with Crippen molar-refractivity contribution in [3.63, 3.8) is 0 Å². The van der Waals surface area contributed by atoms with Crippen LogP contribution in [0.25, 0.3) is 33.3 Å². The van der Waals surface area contributed by atoms with Gasteiger partial charge in [0.15, 0.2) is 5.65 Å². The molecular formula is C20H13N3O2. The lowest BCUT2D eigenvalue weighted by molar-refractivity contribution is 0.472. The number of nitrogens with zero attached hydrogens (tertiary/aromatic N) is 3. The fraction of sp³-hybridized carbons (Fsp3) is 0. The van der Waals surface area contributed by atoms with Crippen LogP contribution < -0.4 is 5.56 Å². The zero-order valence-electron chi connectivity index (χ0n) is 13.1. The van der Waals surface area contributed by atoms with Crippen LogP contribution in [-0.2, 0) is 0 Å². The maximum atomic E-state index is 13.2. The van der Waals surface area contributed by atoms with Crippen LogP contribution in [0.3, 0.4) is 0 Å². The molecule has 5 heteroatoms. The minimum absolute atomic E-state index is 0.112. The van der Waals surface area contributed by atoms with Crippen molar-refractivity contribution in [1.29, 1.82) is 0 Å². The van der Waals surface area contributed by atoms with Gasteiger partial charge < -0.3 is 5.11 Å². The molecule has 0 bridgehead atoms. The first-order valence-corrected chi connectivity index (χ1v) is 7.94. The SMILES string of the molecule is O=c1c2ccccc2c2nc3ccc(O)cn3c2n1-c1ccccc1. The third kappa shape index (κ3) is 1.89. The third-order valence-corrected chi connectivity index (χ3v) is 4.42. The quantitative estimate of drug-likeness (QED) is 0.513. The highest BCUT2D eigenvalue weighted by Crippen LogP contribution is 2.26. The molecule has 0 radical (unpaired) electrons. The summed E-state index contributed by atoms with van der Waals surface area (Å²) in [6.07, 6.45) is 1.58. The molecule has 3 aromatic heterocycles. The van der Waals surface area contributed by atoms with E-state index < -0.39 is 0 Å². The second-order valence-corrected chi connectivity index (χ2v) is 5.92. The summed E-state index contributed by atoms with van der Waals surface area (Å²) in [5.74, 6) is 0.118. The number of benzene rings is 2. The van der Waals surface area contributed by atoms with E-state index in [2.05, 4.69) is 0 Å². The smallest absolute Gasteiger partial charge is 0.264 e. The van der Waals surface area contributed by atoms with Crippen LogP contribution in [0, 0.1) is 0 Å². The van der Waals surface area contributed by atoms with E-state index in [1.807, 2.05) is 54.6 Å². The topological polar surface area (TPSA) is 59.5 Å². The maximum absolute atomic E-state index is 13.2. The molecule has 2 aromatic carbocycles. The molecule has 0 saturated carbocycles. The highest BCUT2D eigenvalue weighted by Gasteiger charge is 2.17. The van der Waals surface area contributed by atoms with Gasteiger partial charge in [0, 0.05) is 10.8 Å². The molecule has 3 heterocycles. The Bertz CT molecular complexity index is 1320. The number of hydrogen-bond donors (Lipinski definition) is 1. The molecule has 0 amide bonds. The summed E-state index contributed by atoms with van der Waals surface area (Å²) in [5, 5.41) is 11.3. The molecule has 5 rings (SSSR count). The van der Waals surface area contributed by atoms with Crippen molar-refractivity contribution in [3.8, 4) is 11.4 Å². The lowest BCUT2D eigenvalue weighted by Gasteiger charge is -2.10. The first-order valence-electron chi connectivity index (χ1n) is 7.94. The van der Waals surface area contributed by atoms with Crippen molar-refractivity contribution >= 4 is 27.6 Å². The number of imidazole rings is 1. The van der Waals surface area contributed by atoms with Crippen molar-refractivity contribution < 1.29 is 5.11 Å². The molecule has 5 nitrogen and oxygen atoms in total. The monoisotopic (exact) mass is 327 g/mol. The van der Waals surface area contributed by atoms with E-state index in [1.54, 1.807) is 27.3 Å². The molecule has 120 valence electrons. The minimum Gasteiger partial charge on any atom is -0.506 e. The van der Waals surface area contributed by atoms with Gasteiger partial charge in [0.1, 0.15) is 16.9 Å². The zero-order chi connectivity index (χ0) is 17.0. The number of para-hydroxylation sites is 1. The molecule has 0 aliphatic carbocycles. The van der Waals surface area contributed by atoms with Gasteiger partial charge >= 0.3 is 0 Å². The normalized spacial score (nSPS) is 11.5. The Morgan fingerprint density at radius 1 is 0.840 bits per heavy atom. The molecule has 0 fully saturated rings. The Kier molecular flexibility index (Phi) is 2.73. The molecule has 5 aromatic rings. The number of pyridine rings is 2. The number of aromatic hydroxyl groups is 1. The average Bonchev–Trinajstić information content (AvgIpc) is 3.02. The number of hydrogen-bond acceptors (Lipinski definition) is 3. The summed E-state index contributed by atoms with van der Waals surface area (Å²) in [7, 11) is 0. The highest BCUT2D eigenvalue weighted by molar-refractivity contribution is 6.04. The Morgan fingerprint density at radius 2 is 1.56 bits per heavy atom. The average molecular weight is 327 g/mol. The van der Waals surface area contributed by atoms with Crippen LogP contribution >= 0.6 is 0 Å². The zero-order valence-corrected chi connectivity index (χ0v) is 13.1. The van der Waals surface area contributed by atoms with E-state index in [0.29, 0.717) is 16.7 Å². The van der Waals surface area contributed by atoms with Gasteiger partial charge in [-0.25, -0.2) is 4.98 Å². The lowest BCUT2D eigenvalue weighted by Crippen LogP contribution is -2.19. The molecule has 0 spiro atoms. The predicted molar refractivity (Wildman–Crippen MR) is 97.5 cm³/mol. The van der Waals surface area contributed by atoms with E-state index in [4.69, 9.17) is 4.98 Å². The first-order chi connectivity index (χ1) is 12.2. The standard InChI is InChI=1S/C20H13N3O2/c24-14-10-11-17-21-18-15-8-4-5-9-16(15)20(25)23(19(18)22(17)12-14)13-6-2-1-3-7-13/h1-12,24H. The van der Waals surface area contributed by atoms with E-state index in [0.717, 1.165) is 16.6 Å². The van der Waals surface area contributed by atoms with Crippen LogP contribution in [0.1, 0.15) is 0 Å². The molecule has 0 unspecified atom stereocenters. The van der Waals surface area contributed by atoms with E-state index >= 15 is 0 Å². The fourth-order valence-electron chi connectivity index (χ4n) is 3.32. The van der Waals surface area contributed by atoms with Gasteiger partial charge in [0.25, 0.3) is 5.56 Å². The van der Waals surface area contributed by atoms with E-state index in [9.17, 15) is 9.90 Å². The predicted octanol–water partition coefficient (Wildman–Crippen LogP) is 3.50. The van der Waals surface area contributed by atoms with Gasteiger partial charge in [-0.2, -0.15) is 0 Å². The Morgan fingerprint density at radius 3 is 2.36 bits per heavy atom. The molecular weight excluding hydrogens is 314 g/mol. The summed E-state index contributed by atoms with van der Waals surface area (Å²) < 4.78 is 3.41. The summed E-state index contributed by atoms with van der Waals surface area (Å²) in [6, 6.07) is 20.3. The van der Waals surface area contributed by atoms with Crippen molar-refractivity contribution in [2.24, 2.45) is 0 Å². The molecule has 0 aliphatic rings. The Balaban J connectivity index is 2.13. The molecule has 1 N–H and O–H groups in total. The van der Waals surface area contributed by atoms with Gasteiger partial charge in [-0.15, -0.1) is 0 Å². The third-order valence-electron chi connectivity index (χ3n) is 4.42. The number of aromatic nitrogens is 3. The molecule has 0 atom stereocenters. The van der Waals surface area contributed by atoms with Crippen molar-refractivity contribution in [2.75, 3.05) is 0 Å². The van der Waals surface area contributed by atoms with Gasteiger partial charge in [-0.05, 0) is 30.3 Å². The van der Waals surface area contributed by atoms with Gasteiger partial charge in [0.2, 0.25) is 0 Å². The first kappa shape index (κ1) is 13.8. The van der Waals surface area contributed by atoms with Crippen molar-refractivity contribution in [1.82, 2.24) is 14.0 Å². The molecule has 25 heavy (non-hydrogen) atoms. The van der Waals surface area contributed by atoms with Crippen LogP contribution in [0.4, 0.5) is 0 Å². The lowest BCUT2D eigenvalue weighted by atomic mass is 10.1. The second-order valence-electron chi connectivity index (χ2n) is 5.92. The summed E-state index contributed by atoms with van der Waals surface area (Å²) in [4.78, 5) is 17.9.